The standard InChI is InChI=1S/C18H17N9O/c28-17(19-11-10-14-6-2-1-3-7-14)12-27-22-18(21-24-27)15-8-4-5-9-16(15)26-13-20-23-25-26/h1-9,13H,10-12H2,(H,19,28). The van der Waals surface area contributed by atoms with Gasteiger partial charge in [0.1, 0.15) is 12.9 Å². The van der Waals surface area contributed by atoms with Crippen LogP contribution in [0.1, 0.15) is 5.56 Å². The van der Waals surface area contributed by atoms with Crippen LogP contribution in [0.3, 0.4) is 0 Å². The lowest BCUT2D eigenvalue weighted by molar-refractivity contribution is -0.122. The molecule has 1 N–H and O–H groups in total. The Hall–Kier alpha value is -3.95. The van der Waals surface area contributed by atoms with Crippen molar-refractivity contribution in [2.24, 2.45) is 0 Å². The molecule has 0 radical (unpaired) electrons. The quantitative estimate of drug-likeness (QED) is 0.505. The molecule has 1 amide bonds. The maximum absolute atomic E-state index is 12.1. The Morgan fingerprint density at radius 3 is 2.64 bits per heavy atom. The molecule has 4 rings (SSSR count). The van der Waals surface area contributed by atoms with Crippen LogP contribution >= 0.6 is 0 Å². The highest BCUT2D eigenvalue weighted by molar-refractivity contribution is 5.75. The molecule has 2 heterocycles. The summed E-state index contributed by atoms with van der Waals surface area (Å²) in [5.74, 6) is 0.219. The molecule has 10 nitrogen and oxygen atoms in total. The zero-order valence-corrected chi connectivity index (χ0v) is 14.9. The Morgan fingerprint density at radius 2 is 1.82 bits per heavy atom. The molecule has 0 unspecified atom stereocenters. The summed E-state index contributed by atoms with van der Waals surface area (Å²) < 4.78 is 1.52. The molecule has 10 heteroatoms. The number of amides is 1. The number of para-hydroxylation sites is 1. The number of nitrogens with one attached hydrogen (secondary N) is 1. The van der Waals surface area contributed by atoms with Crippen LogP contribution in [0.15, 0.2) is 60.9 Å². The lowest BCUT2D eigenvalue weighted by atomic mass is 10.1. The van der Waals surface area contributed by atoms with Crippen LogP contribution in [-0.2, 0) is 17.8 Å². The molecule has 0 bridgehead atoms. The highest BCUT2D eigenvalue weighted by Gasteiger charge is 2.14. The summed E-state index contributed by atoms with van der Waals surface area (Å²) in [7, 11) is 0. The second-order valence-corrected chi connectivity index (χ2v) is 6.00. The second-order valence-electron chi connectivity index (χ2n) is 6.00. The fourth-order valence-corrected chi connectivity index (χ4v) is 2.73. The molecule has 0 aliphatic rings. The SMILES string of the molecule is O=C(Cn1nnc(-c2ccccc2-n2cnnn2)n1)NCCc1ccccc1. The van der Waals surface area contributed by atoms with E-state index in [1.54, 1.807) is 0 Å². The Labute approximate surface area is 160 Å². The first-order valence-corrected chi connectivity index (χ1v) is 8.71. The van der Waals surface area contributed by atoms with E-state index in [1.807, 2.05) is 54.6 Å². The van der Waals surface area contributed by atoms with Crippen LogP contribution in [-0.4, -0.2) is 52.9 Å². The first kappa shape index (κ1) is 17.5. The Kier molecular flexibility index (Phi) is 5.09. The summed E-state index contributed by atoms with van der Waals surface area (Å²) in [6.45, 7) is 0.543. The van der Waals surface area contributed by atoms with Crippen LogP contribution in [0.2, 0.25) is 0 Å². The van der Waals surface area contributed by atoms with E-state index < -0.39 is 0 Å². The summed E-state index contributed by atoms with van der Waals surface area (Å²) in [5, 5.41) is 26.4. The fourth-order valence-electron chi connectivity index (χ4n) is 2.73. The molecule has 28 heavy (non-hydrogen) atoms. The highest BCUT2D eigenvalue weighted by Crippen LogP contribution is 2.21. The lowest BCUT2D eigenvalue weighted by Crippen LogP contribution is -2.30. The van der Waals surface area contributed by atoms with Gasteiger partial charge in [-0.2, -0.15) is 9.48 Å². The number of carbonyl (C=O) groups excluding carboxylic acids is 1. The number of benzene rings is 2. The van der Waals surface area contributed by atoms with Gasteiger partial charge in [-0.3, -0.25) is 4.79 Å². The minimum atomic E-state index is -0.173. The van der Waals surface area contributed by atoms with Gasteiger partial charge in [0.25, 0.3) is 0 Å². The number of tetrazole rings is 2. The van der Waals surface area contributed by atoms with Crippen molar-refractivity contribution in [1.82, 2.24) is 45.7 Å². The van der Waals surface area contributed by atoms with Crippen molar-refractivity contribution in [1.29, 1.82) is 0 Å². The van der Waals surface area contributed by atoms with Crippen molar-refractivity contribution in [3.63, 3.8) is 0 Å². The van der Waals surface area contributed by atoms with Crippen molar-refractivity contribution < 1.29 is 4.79 Å². The molecule has 4 aromatic rings. The fraction of sp³-hybridized carbons (Fsp3) is 0.167. The third kappa shape index (κ3) is 4.06. The van der Waals surface area contributed by atoms with E-state index in [2.05, 4.69) is 36.3 Å². The van der Waals surface area contributed by atoms with Crippen LogP contribution in [0, 0.1) is 0 Å². The second kappa shape index (κ2) is 8.16. The van der Waals surface area contributed by atoms with E-state index in [1.165, 1.54) is 21.4 Å². The van der Waals surface area contributed by atoms with E-state index in [0.717, 1.165) is 12.1 Å². The molecule has 0 fully saturated rings. The number of aromatic nitrogens is 8. The topological polar surface area (TPSA) is 116 Å². The highest BCUT2D eigenvalue weighted by atomic mass is 16.2. The van der Waals surface area contributed by atoms with E-state index in [9.17, 15) is 4.79 Å². The summed E-state index contributed by atoms with van der Waals surface area (Å²) in [6, 6.07) is 17.4. The van der Waals surface area contributed by atoms with Crippen molar-refractivity contribution in [3.8, 4) is 17.1 Å². The average Bonchev–Trinajstić information content (AvgIpc) is 3.41. The zero-order valence-electron chi connectivity index (χ0n) is 14.9. The molecule has 0 aliphatic heterocycles. The lowest BCUT2D eigenvalue weighted by Gasteiger charge is -2.05. The van der Waals surface area contributed by atoms with Gasteiger partial charge in [0.05, 0.1) is 5.69 Å². The number of carbonyl (C=O) groups is 1. The van der Waals surface area contributed by atoms with Gasteiger partial charge in [-0.1, -0.05) is 42.5 Å². The average molecular weight is 375 g/mol. The summed E-state index contributed by atoms with van der Waals surface area (Å²) in [5.41, 5.74) is 2.60. The van der Waals surface area contributed by atoms with Gasteiger partial charge < -0.3 is 5.32 Å². The largest absolute Gasteiger partial charge is 0.354 e. The minimum absolute atomic E-state index is 0.00512. The number of nitrogens with zero attached hydrogens (tertiary/aromatic N) is 8. The van der Waals surface area contributed by atoms with E-state index in [4.69, 9.17) is 0 Å². The van der Waals surface area contributed by atoms with E-state index >= 15 is 0 Å². The molecule has 140 valence electrons. The van der Waals surface area contributed by atoms with E-state index in [-0.39, 0.29) is 12.5 Å². The van der Waals surface area contributed by atoms with Crippen molar-refractivity contribution >= 4 is 5.91 Å². The zero-order chi connectivity index (χ0) is 19.2. The van der Waals surface area contributed by atoms with Crippen molar-refractivity contribution in [3.05, 3.63) is 66.5 Å². The molecule has 0 spiro atoms. The predicted octanol–water partition coefficient (Wildman–Crippen LogP) is 0.675. The first-order valence-electron chi connectivity index (χ1n) is 8.71. The third-order valence-electron chi connectivity index (χ3n) is 4.06. The van der Waals surface area contributed by atoms with Gasteiger partial charge in [-0.15, -0.1) is 15.3 Å². The Morgan fingerprint density at radius 1 is 1.00 bits per heavy atom. The molecule has 0 aliphatic carbocycles. The maximum Gasteiger partial charge on any atom is 0.243 e. The molecular formula is C18H17N9O. The summed E-state index contributed by atoms with van der Waals surface area (Å²) in [4.78, 5) is 13.4. The minimum Gasteiger partial charge on any atom is -0.354 e. The van der Waals surface area contributed by atoms with Crippen LogP contribution in [0.25, 0.3) is 17.1 Å². The van der Waals surface area contributed by atoms with Crippen LogP contribution in [0.4, 0.5) is 0 Å². The normalized spacial score (nSPS) is 10.7. The summed E-state index contributed by atoms with van der Waals surface area (Å²) in [6.07, 6.45) is 2.26. The smallest absolute Gasteiger partial charge is 0.243 e. The molecule has 2 aromatic heterocycles. The monoisotopic (exact) mass is 375 g/mol. The number of hydrogen-bond acceptors (Lipinski definition) is 7. The van der Waals surface area contributed by atoms with Crippen LogP contribution in [0.5, 0.6) is 0 Å². The van der Waals surface area contributed by atoms with Gasteiger partial charge in [0.15, 0.2) is 0 Å². The molecule has 0 atom stereocenters. The molecule has 0 saturated heterocycles. The van der Waals surface area contributed by atoms with Gasteiger partial charge in [0, 0.05) is 12.1 Å². The first-order chi connectivity index (χ1) is 13.8. The number of rotatable bonds is 7. The van der Waals surface area contributed by atoms with Gasteiger partial charge in [-0.25, -0.2) is 0 Å². The molecule has 0 saturated carbocycles. The Balaban J connectivity index is 1.39. The van der Waals surface area contributed by atoms with Gasteiger partial charge in [0.2, 0.25) is 11.7 Å². The van der Waals surface area contributed by atoms with Gasteiger partial charge >= 0.3 is 0 Å². The molecular weight excluding hydrogens is 358 g/mol. The maximum atomic E-state index is 12.1. The van der Waals surface area contributed by atoms with Crippen molar-refractivity contribution in [2.45, 2.75) is 13.0 Å². The summed E-state index contributed by atoms with van der Waals surface area (Å²) >= 11 is 0. The predicted molar refractivity (Wildman–Crippen MR) is 99.1 cm³/mol. The molecule has 2 aromatic carbocycles. The Bertz CT molecular complexity index is 1040. The number of hydrogen-bond donors (Lipinski definition) is 1. The van der Waals surface area contributed by atoms with E-state index in [0.29, 0.717) is 17.9 Å². The van der Waals surface area contributed by atoms with Crippen LogP contribution < -0.4 is 5.32 Å². The third-order valence-corrected chi connectivity index (χ3v) is 4.06. The van der Waals surface area contributed by atoms with Crippen molar-refractivity contribution in [2.75, 3.05) is 6.54 Å². The van der Waals surface area contributed by atoms with Gasteiger partial charge in [-0.05, 0) is 39.8 Å².